The monoisotopic (exact) mass is 573 g/mol. The van der Waals surface area contributed by atoms with Gasteiger partial charge in [-0.2, -0.15) is 10.4 Å². The van der Waals surface area contributed by atoms with Gasteiger partial charge in [0.2, 0.25) is 10.0 Å². The summed E-state index contributed by atoms with van der Waals surface area (Å²) in [6, 6.07) is 15.7. The van der Waals surface area contributed by atoms with Gasteiger partial charge in [0, 0.05) is 43.8 Å². The zero-order valence-corrected chi connectivity index (χ0v) is 23.0. The van der Waals surface area contributed by atoms with Crippen LogP contribution in [-0.4, -0.2) is 52.0 Å². The van der Waals surface area contributed by atoms with Crippen LogP contribution in [0, 0.1) is 11.3 Å². The zero-order chi connectivity index (χ0) is 29.0. The fourth-order valence-corrected chi connectivity index (χ4v) is 5.93. The predicted octanol–water partition coefficient (Wildman–Crippen LogP) is 1.60. The van der Waals surface area contributed by atoms with E-state index in [1.165, 1.54) is 23.9 Å². The molecule has 1 fully saturated rings. The number of hydrogen-bond acceptors (Lipinski definition) is 9. The molecule has 1 aliphatic carbocycles. The maximum Gasteiger partial charge on any atom is 0.263 e. The summed E-state index contributed by atoms with van der Waals surface area (Å²) in [5, 5.41) is 20.0. The highest BCUT2D eigenvalue weighted by Crippen LogP contribution is 2.43. The molecule has 1 amide bonds. The normalized spacial score (nSPS) is 13.9. The number of rotatable bonds is 11. The molecule has 0 radical (unpaired) electrons. The molecule has 5 rings (SSSR count). The van der Waals surface area contributed by atoms with Gasteiger partial charge in [-0.3, -0.25) is 14.6 Å². The van der Waals surface area contributed by atoms with Gasteiger partial charge in [-0.1, -0.05) is 18.2 Å². The summed E-state index contributed by atoms with van der Waals surface area (Å²) in [6.07, 6.45) is 4.36. The number of nitrogens with zero attached hydrogens (tertiary/aromatic N) is 5. The summed E-state index contributed by atoms with van der Waals surface area (Å²) in [4.78, 5) is 30.2. The molecule has 12 nitrogen and oxygen atoms in total. The van der Waals surface area contributed by atoms with Gasteiger partial charge in [-0.15, -0.1) is 5.10 Å². The average molecular weight is 574 g/mol. The topological polar surface area (TPSA) is 169 Å². The number of pyridine rings is 2. The predicted molar refractivity (Wildman–Crippen MR) is 149 cm³/mol. The van der Waals surface area contributed by atoms with Gasteiger partial charge in [0.05, 0.1) is 17.8 Å². The van der Waals surface area contributed by atoms with Crippen LogP contribution in [-0.2, 0) is 30.0 Å². The van der Waals surface area contributed by atoms with E-state index in [9.17, 15) is 18.0 Å². The summed E-state index contributed by atoms with van der Waals surface area (Å²) in [5.74, 6) is -0.572. The fourth-order valence-electron chi connectivity index (χ4n) is 4.39. The third-order valence-corrected chi connectivity index (χ3v) is 9.27. The molecule has 0 bridgehead atoms. The van der Waals surface area contributed by atoms with E-state index in [1.54, 1.807) is 36.5 Å². The molecule has 210 valence electrons. The zero-order valence-electron chi connectivity index (χ0n) is 22.2. The number of aryl methyl sites for hydroxylation is 1. The molecule has 4 aromatic rings. The Kier molecular flexibility index (Phi) is 7.78. The molecule has 0 unspecified atom stereocenters. The summed E-state index contributed by atoms with van der Waals surface area (Å²) < 4.78 is 34.8. The first-order valence-electron chi connectivity index (χ1n) is 12.9. The number of hydrogen-bond donors (Lipinski definition) is 2. The highest BCUT2D eigenvalue weighted by molar-refractivity contribution is 7.91. The Bertz CT molecular complexity index is 1800. The van der Waals surface area contributed by atoms with Crippen molar-refractivity contribution in [3.63, 3.8) is 0 Å². The van der Waals surface area contributed by atoms with Crippen LogP contribution in [0.25, 0.3) is 10.9 Å². The number of ether oxygens (including phenoxy) is 1. The van der Waals surface area contributed by atoms with Gasteiger partial charge in [0.25, 0.3) is 17.3 Å². The number of fused-ring (bicyclic) bond motifs is 1. The van der Waals surface area contributed by atoms with Crippen molar-refractivity contribution in [1.29, 1.82) is 5.26 Å². The summed E-state index contributed by atoms with van der Waals surface area (Å²) in [6.45, 7) is 0.210. The molecule has 0 spiro atoms. The number of nitrogens with one attached hydrogen (secondary N) is 2. The summed E-state index contributed by atoms with van der Waals surface area (Å²) in [5.41, 5.74) is 1.69. The molecule has 1 aromatic carbocycles. The maximum absolute atomic E-state index is 13.1. The fraction of sp³-hybridized carbons (Fsp3) is 0.286. The molecule has 0 saturated heterocycles. The second-order valence-corrected chi connectivity index (χ2v) is 12.0. The Morgan fingerprint density at radius 2 is 1.98 bits per heavy atom. The van der Waals surface area contributed by atoms with Gasteiger partial charge in [0.1, 0.15) is 22.4 Å². The maximum atomic E-state index is 13.1. The van der Waals surface area contributed by atoms with Crippen LogP contribution in [0.3, 0.4) is 0 Å². The molecular formula is C28H27N7O5S. The van der Waals surface area contributed by atoms with Crippen molar-refractivity contribution < 1.29 is 17.9 Å². The smallest absolute Gasteiger partial charge is 0.263 e. The minimum absolute atomic E-state index is 0.00148. The van der Waals surface area contributed by atoms with E-state index in [2.05, 4.69) is 25.2 Å². The first kappa shape index (κ1) is 27.9. The molecule has 0 atom stereocenters. The summed E-state index contributed by atoms with van der Waals surface area (Å²) >= 11 is 0. The van der Waals surface area contributed by atoms with E-state index >= 15 is 0 Å². The Labute approximate surface area is 236 Å². The van der Waals surface area contributed by atoms with Crippen LogP contribution in [0.5, 0.6) is 5.88 Å². The van der Waals surface area contributed by atoms with Crippen molar-refractivity contribution in [3.05, 3.63) is 93.7 Å². The molecule has 41 heavy (non-hydrogen) atoms. The molecule has 0 aliphatic heterocycles. The third kappa shape index (κ3) is 5.93. The lowest BCUT2D eigenvalue weighted by atomic mass is 10.1. The van der Waals surface area contributed by atoms with E-state index in [1.807, 2.05) is 18.2 Å². The minimum Gasteiger partial charge on any atom is -0.473 e. The number of benzene rings is 1. The Balaban J connectivity index is 1.28. The number of sulfonamides is 1. The molecular weight excluding hydrogens is 546 g/mol. The number of carbonyl (C=O) groups excluding carboxylic acids is 1. The lowest BCUT2D eigenvalue weighted by Crippen LogP contribution is -2.41. The number of nitriles is 1. The van der Waals surface area contributed by atoms with Crippen LogP contribution in [0.1, 0.15) is 40.0 Å². The number of carbonyl (C=O) groups is 1. The van der Waals surface area contributed by atoms with Crippen molar-refractivity contribution in [2.24, 2.45) is 7.05 Å². The number of amides is 1. The average Bonchev–Trinajstić information content (AvgIpc) is 3.79. The van der Waals surface area contributed by atoms with E-state index in [0.29, 0.717) is 35.7 Å². The molecule has 3 heterocycles. The Morgan fingerprint density at radius 3 is 2.66 bits per heavy atom. The standard InChI is InChI=1S/C28H27N7O5S/c1-35-24-21(14-23(27(35)37)25(36)31-16-20-7-5-19(15-29)6-8-20)17-32-34-26(24)40-18-28(10-11-28)41(38,39)33-13-9-22-4-2-3-12-30-22/h2-8,12,14,17,33H,9-11,13,16,18H2,1H3,(H,31,36). The van der Waals surface area contributed by atoms with Gasteiger partial charge in [-0.25, -0.2) is 13.1 Å². The van der Waals surface area contributed by atoms with Gasteiger partial charge < -0.3 is 14.6 Å². The first-order chi connectivity index (χ1) is 19.7. The highest BCUT2D eigenvalue weighted by atomic mass is 32.2. The van der Waals surface area contributed by atoms with Gasteiger partial charge in [-0.05, 0) is 48.7 Å². The summed E-state index contributed by atoms with van der Waals surface area (Å²) in [7, 11) is -2.21. The van der Waals surface area contributed by atoms with Crippen LogP contribution < -0.4 is 20.3 Å². The van der Waals surface area contributed by atoms with E-state index < -0.39 is 26.2 Å². The van der Waals surface area contributed by atoms with E-state index in [4.69, 9.17) is 10.00 Å². The molecule has 1 saturated carbocycles. The van der Waals surface area contributed by atoms with Crippen LogP contribution in [0.2, 0.25) is 0 Å². The van der Waals surface area contributed by atoms with Gasteiger partial charge >= 0.3 is 0 Å². The minimum atomic E-state index is -3.70. The Hall–Kier alpha value is -4.67. The van der Waals surface area contributed by atoms with E-state index in [-0.39, 0.29) is 31.1 Å². The van der Waals surface area contributed by atoms with Crippen LogP contribution in [0.4, 0.5) is 0 Å². The number of aromatic nitrogens is 4. The van der Waals surface area contributed by atoms with E-state index in [0.717, 1.165) is 11.3 Å². The van der Waals surface area contributed by atoms with Crippen molar-refractivity contribution in [2.75, 3.05) is 13.2 Å². The third-order valence-electron chi connectivity index (χ3n) is 7.02. The van der Waals surface area contributed by atoms with Crippen molar-refractivity contribution in [1.82, 2.24) is 29.8 Å². The van der Waals surface area contributed by atoms with Crippen molar-refractivity contribution >= 4 is 26.8 Å². The molecule has 2 N–H and O–H groups in total. The first-order valence-corrected chi connectivity index (χ1v) is 14.4. The molecule has 3 aromatic heterocycles. The van der Waals surface area contributed by atoms with Crippen LogP contribution in [0.15, 0.2) is 65.7 Å². The largest absolute Gasteiger partial charge is 0.473 e. The second-order valence-electron chi connectivity index (χ2n) is 9.81. The second kappa shape index (κ2) is 11.4. The van der Waals surface area contributed by atoms with Crippen LogP contribution >= 0.6 is 0 Å². The van der Waals surface area contributed by atoms with Crippen molar-refractivity contribution in [3.8, 4) is 11.9 Å². The molecule has 13 heteroatoms. The van der Waals surface area contributed by atoms with Crippen molar-refractivity contribution in [2.45, 2.75) is 30.6 Å². The quantitative estimate of drug-likeness (QED) is 0.271. The molecule has 1 aliphatic rings. The Morgan fingerprint density at radius 1 is 1.20 bits per heavy atom. The lowest BCUT2D eigenvalue weighted by Gasteiger charge is -2.18. The highest BCUT2D eigenvalue weighted by Gasteiger charge is 2.55. The lowest BCUT2D eigenvalue weighted by molar-refractivity contribution is 0.0949. The van der Waals surface area contributed by atoms with Gasteiger partial charge in [0.15, 0.2) is 0 Å². The SMILES string of the molecule is Cn1c(=O)c(C(=O)NCc2ccc(C#N)cc2)cc2cnnc(OCC3(S(=O)(=O)NCCc4ccccn4)CC3)c21.